The van der Waals surface area contributed by atoms with Crippen LogP contribution in [0.3, 0.4) is 0 Å². The van der Waals surface area contributed by atoms with Gasteiger partial charge in [-0.05, 0) is 38.3 Å². The van der Waals surface area contributed by atoms with Crippen LogP contribution in [-0.2, 0) is 16.1 Å². The molecule has 0 bridgehead atoms. The molecule has 2 fully saturated rings. The number of anilines is 1. The number of piperazine rings is 1. The summed E-state index contributed by atoms with van der Waals surface area (Å²) in [5.74, 6) is 0.438. The molecule has 1 saturated carbocycles. The standard InChI is InChI=1S/C23H34ClN3O2/c1-15(2)22(28)25-20-11-7-10-19(21(20)24)14-26-12-16(3)27(17(4)13-26)23(29)18-8-5-6-9-18/h7,10-11,15-18H,5-6,8-9,12-14H2,1-4H3,(H,25,28). The lowest BCUT2D eigenvalue weighted by Crippen LogP contribution is -2.59. The van der Waals surface area contributed by atoms with Gasteiger partial charge < -0.3 is 10.2 Å². The minimum atomic E-state index is -0.0955. The quantitative estimate of drug-likeness (QED) is 0.761. The first-order valence-electron chi connectivity index (χ1n) is 10.9. The molecule has 1 aromatic rings. The summed E-state index contributed by atoms with van der Waals surface area (Å²) in [6.45, 7) is 10.4. The predicted molar refractivity (Wildman–Crippen MR) is 118 cm³/mol. The fraction of sp³-hybridized carbons (Fsp3) is 0.652. The first-order valence-corrected chi connectivity index (χ1v) is 11.3. The maximum Gasteiger partial charge on any atom is 0.226 e. The fourth-order valence-corrected chi connectivity index (χ4v) is 4.93. The van der Waals surface area contributed by atoms with Crippen molar-refractivity contribution in [2.45, 2.75) is 72.0 Å². The van der Waals surface area contributed by atoms with Crippen LogP contribution in [0.5, 0.6) is 0 Å². The Morgan fingerprint density at radius 3 is 2.34 bits per heavy atom. The highest BCUT2D eigenvalue weighted by atomic mass is 35.5. The molecule has 1 heterocycles. The summed E-state index contributed by atoms with van der Waals surface area (Å²) >= 11 is 6.61. The number of rotatable bonds is 5. The molecule has 2 unspecified atom stereocenters. The van der Waals surface area contributed by atoms with Crippen molar-refractivity contribution in [3.05, 3.63) is 28.8 Å². The van der Waals surface area contributed by atoms with Crippen LogP contribution in [0.15, 0.2) is 18.2 Å². The molecule has 1 N–H and O–H groups in total. The molecule has 160 valence electrons. The van der Waals surface area contributed by atoms with Crippen molar-refractivity contribution in [2.75, 3.05) is 18.4 Å². The van der Waals surface area contributed by atoms with Crippen LogP contribution in [0.4, 0.5) is 5.69 Å². The molecular formula is C23H34ClN3O2. The smallest absolute Gasteiger partial charge is 0.226 e. The zero-order valence-corrected chi connectivity index (χ0v) is 18.8. The number of nitrogens with zero attached hydrogens (tertiary/aromatic N) is 2. The Labute approximate surface area is 179 Å². The summed E-state index contributed by atoms with van der Waals surface area (Å²) in [7, 11) is 0. The van der Waals surface area contributed by atoms with Gasteiger partial charge in [0.05, 0.1) is 10.7 Å². The number of nitrogens with one attached hydrogen (secondary N) is 1. The van der Waals surface area contributed by atoms with Crippen molar-refractivity contribution in [1.29, 1.82) is 0 Å². The zero-order valence-electron chi connectivity index (χ0n) is 18.1. The van der Waals surface area contributed by atoms with Crippen molar-refractivity contribution < 1.29 is 9.59 Å². The first kappa shape index (κ1) is 22.1. The van der Waals surface area contributed by atoms with Crippen LogP contribution in [-0.4, -0.2) is 46.8 Å². The molecule has 1 aromatic carbocycles. The normalized spacial score (nSPS) is 23.6. The van der Waals surface area contributed by atoms with Crippen LogP contribution in [0.25, 0.3) is 0 Å². The lowest BCUT2D eigenvalue weighted by atomic mass is 10.0. The Bertz CT molecular complexity index is 734. The molecule has 0 spiro atoms. The number of hydrogen-bond acceptors (Lipinski definition) is 3. The van der Waals surface area contributed by atoms with Gasteiger partial charge in [-0.2, -0.15) is 0 Å². The maximum atomic E-state index is 13.0. The summed E-state index contributed by atoms with van der Waals surface area (Å²) < 4.78 is 0. The van der Waals surface area contributed by atoms with Crippen molar-refractivity contribution in [2.24, 2.45) is 11.8 Å². The van der Waals surface area contributed by atoms with E-state index in [2.05, 4.69) is 29.0 Å². The number of carbonyl (C=O) groups excluding carboxylic acids is 2. The molecule has 2 amide bonds. The van der Waals surface area contributed by atoms with E-state index in [0.717, 1.165) is 31.5 Å². The molecule has 0 aromatic heterocycles. The van der Waals surface area contributed by atoms with E-state index in [1.165, 1.54) is 12.8 Å². The maximum absolute atomic E-state index is 13.0. The van der Waals surface area contributed by atoms with Gasteiger partial charge >= 0.3 is 0 Å². The predicted octanol–water partition coefficient (Wildman–Crippen LogP) is 4.55. The molecule has 3 rings (SSSR count). The second-order valence-corrected chi connectivity index (χ2v) is 9.42. The summed E-state index contributed by atoms with van der Waals surface area (Å²) in [5, 5.41) is 3.52. The second-order valence-electron chi connectivity index (χ2n) is 9.04. The summed E-state index contributed by atoms with van der Waals surface area (Å²) in [5.41, 5.74) is 1.67. The largest absolute Gasteiger partial charge is 0.334 e. The van der Waals surface area contributed by atoms with Crippen LogP contribution >= 0.6 is 11.6 Å². The number of amides is 2. The molecule has 2 atom stereocenters. The topological polar surface area (TPSA) is 52.7 Å². The highest BCUT2D eigenvalue weighted by Crippen LogP contribution is 2.31. The van der Waals surface area contributed by atoms with Crippen LogP contribution in [0, 0.1) is 11.8 Å². The molecule has 1 saturated heterocycles. The van der Waals surface area contributed by atoms with Gasteiger partial charge in [-0.15, -0.1) is 0 Å². The Hall–Kier alpha value is -1.59. The van der Waals surface area contributed by atoms with E-state index in [-0.39, 0.29) is 29.8 Å². The number of hydrogen-bond donors (Lipinski definition) is 1. The van der Waals surface area contributed by atoms with Gasteiger partial charge in [-0.1, -0.05) is 50.4 Å². The molecule has 2 aliphatic rings. The lowest BCUT2D eigenvalue weighted by Gasteiger charge is -2.45. The SMILES string of the molecule is CC(C)C(=O)Nc1cccc(CN2CC(C)N(C(=O)C3CCCC3)C(C)C2)c1Cl. The fourth-order valence-electron chi connectivity index (χ4n) is 4.70. The minimum absolute atomic E-state index is 0.0367. The van der Waals surface area contributed by atoms with Gasteiger partial charge in [0.1, 0.15) is 0 Å². The Morgan fingerprint density at radius 2 is 1.76 bits per heavy atom. The van der Waals surface area contributed by atoms with E-state index < -0.39 is 0 Å². The molecule has 6 heteroatoms. The third-order valence-corrected chi connectivity index (χ3v) is 6.65. The number of benzene rings is 1. The summed E-state index contributed by atoms with van der Waals surface area (Å²) in [4.78, 5) is 29.5. The van der Waals surface area contributed by atoms with Crippen molar-refractivity contribution in [1.82, 2.24) is 9.80 Å². The summed E-state index contributed by atoms with van der Waals surface area (Å²) in [6, 6.07) is 6.17. The Kier molecular flexibility index (Phi) is 7.23. The van der Waals surface area contributed by atoms with Gasteiger partial charge in [0, 0.05) is 43.6 Å². The van der Waals surface area contributed by atoms with E-state index >= 15 is 0 Å². The van der Waals surface area contributed by atoms with Gasteiger partial charge in [0.25, 0.3) is 0 Å². The average Bonchev–Trinajstić information content (AvgIpc) is 3.19. The van der Waals surface area contributed by atoms with Crippen molar-refractivity contribution in [3.8, 4) is 0 Å². The second kappa shape index (κ2) is 9.48. The van der Waals surface area contributed by atoms with Gasteiger partial charge in [-0.3, -0.25) is 14.5 Å². The monoisotopic (exact) mass is 419 g/mol. The van der Waals surface area contributed by atoms with Crippen LogP contribution in [0.1, 0.15) is 58.9 Å². The van der Waals surface area contributed by atoms with Gasteiger partial charge in [0.2, 0.25) is 11.8 Å². The van der Waals surface area contributed by atoms with E-state index in [0.29, 0.717) is 23.2 Å². The molecule has 0 radical (unpaired) electrons. The highest BCUT2D eigenvalue weighted by molar-refractivity contribution is 6.34. The van der Waals surface area contributed by atoms with E-state index in [4.69, 9.17) is 11.6 Å². The van der Waals surface area contributed by atoms with Crippen molar-refractivity contribution in [3.63, 3.8) is 0 Å². The molecule has 1 aliphatic heterocycles. The number of carbonyl (C=O) groups is 2. The van der Waals surface area contributed by atoms with E-state index in [1.54, 1.807) is 0 Å². The average molecular weight is 420 g/mol. The third-order valence-electron chi connectivity index (χ3n) is 6.21. The van der Waals surface area contributed by atoms with E-state index in [1.807, 2.05) is 32.0 Å². The molecule has 5 nitrogen and oxygen atoms in total. The van der Waals surface area contributed by atoms with Crippen molar-refractivity contribution >= 4 is 29.1 Å². The molecular weight excluding hydrogens is 386 g/mol. The van der Waals surface area contributed by atoms with E-state index in [9.17, 15) is 9.59 Å². The zero-order chi connectivity index (χ0) is 21.1. The van der Waals surface area contributed by atoms with Gasteiger partial charge in [0.15, 0.2) is 0 Å². The van der Waals surface area contributed by atoms with Gasteiger partial charge in [-0.25, -0.2) is 0 Å². The molecule has 1 aliphatic carbocycles. The lowest BCUT2D eigenvalue weighted by molar-refractivity contribution is -0.143. The Morgan fingerprint density at radius 1 is 1.14 bits per heavy atom. The third kappa shape index (κ3) is 5.13. The van der Waals surface area contributed by atoms with Crippen LogP contribution < -0.4 is 5.32 Å². The summed E-state index contributed by atoms with van der Waals surface area (Å²) in [6.07, 6.45) is 4.45. The molecule has 29 heavy (non-hydrogen) atoms. The van der Waals surface area contributed by atoms with Crippen LogP contribution in [0.2, 0.25) is 5.02 Å². The Balaban J connectivity index is 1.66. The minimum Gasteiger partial charge on any atom is -0.334 e. The first-order chi connectivity index (χ1) is 13.8. The highest BCUT2D eigenvalue weighted by Gasteiger charge is 2.37. The number of halogens is 1.